The first kappa shape index (κ1) is 20.7. The summed E-state index contributed by atoms with van der Waals surface area (Å²) in [6.07, 6.45) is 5.31. The molecule has 0 unspecified atom stereocenters. The van der Waals surface area contributed by atoms with Crippen LogP contribution in [0.4, 0.5) is 5.82 Å². The molecule has 0 bridgehead atoms. The molecule has 1 N–H and O–H groups in total. The highest BCUT2D eigenvalue weighted by molar-refractivity contribution is 5.88. The lowest BCUT2D eigenvalue weighted by Gasteiger charge is -2.28. The van der Waals surface area contributed by atoms with Crippen molar-refractivity contribution in [2.75, 3.05) is 31.2 Å². The molecule has 0 saturated carbocycles. The monoisotopic (exact) mass is 456 g/mol. The van der Waals surface area contributed by atoms with E-state index >= 15 is 0 Å². The van der Waals surface area contributed by atoms with Crippen LogP contribution in [0.2, 0.25) is 0 Å². The van der Waals surface area contributed by atoms with Crippen molar-refractivity contribution in [2.45, 2.75) is 20.1 Å². The molecule has 0 amide bonds. The van der Waals surface area contributed by atoms with Crippen molar-refractivity contribution in [2.24, 2.45) is 0 Å². The number of hydrogen-bond acceptors (Lipinski definition) is 8. The zero-order valence-electron chi connectivity index (χ0n) is 18.8. The Morgan fingerprint density at radius 2 is 1.85 bits per heavy atom. The minimum atomic E-state index is -0.0156. The van der Waals surface area contributed by atoms with Gasteiger partial charge in [-0.15, -0.1) is 0 Å². The van der Waals surface area contributed by atoms with Crippen LogP contribution in [0.25, 0.3) is 39.4 Å². The molecule has 5 aromatic rings. The average Bonchev–Trinajstić information content (AvgIpc) is 3.50. The fraction of sp³-hybridized carbons (Fsp3) is 0.292. The molecule has 1 aliphatic heterocycles. The Hall–Kier alpha value is -3.89. The molecule has 10 heteroatoms. The lowest BCUT2D eigenvalue weighted by atomic mass is 10.2. The second-order valence-corrected chi connectivity index (χ2v) is 8.14. The SMILES string of the molecule is CCn1c(-c2ccncc2)nc2c(N3CCOCC3)nc(-n3ncc4cc(CO)ccc43)nc21. The summed E-state index contributed by atoms with van der Waals surface area (Å²) in [4.78, 5) is 21.3. The molecule has 5 heterocycles. The Balaban J connectivity index is 1.60. The minimum Gasteiger partial charge on any atom is -0.392 e. The maximum absolute atomic E-state index is 9.49. The number of nitrogens with zero attached hydrogens (tertiary/aromatic N) is 8. The third-order valence-corrected chi connectivity index (χ3v) is 6.13. The minimum absolute atomic E-state index is 0.0156. The number of ether oxygens (including phenoxy) is 1. The number of morpholine rings is 1. The van der Waals surface area contributed by atoms with Gasteiger partial charge in [-0.2, -0.15) is 19.7 Å². The van der Waals surface area contributed by atoms with Crippen molar-refractivity contribution in [3.8, 4) is 17.3 Å². The van der Waals surface area contributed by atoms with Gasteiger partial charge in [0, 0.05) is 43.0 Å². The summed E-state index contributed by atoms with van der Waals surface area (Å²) in [7, 11) is 0. The maximum Gasteiger partial charge on any atom is 0.255 e. The number of benzene rings is 1. The summed E-state index contributed by atoms with van der Waals surface area (Å²) in [6, 6.07) is 9.67. The van der Waals surface area contributed by atoms with E-state index < -0.39 is 0 Å². The summed E-state index contributed by atoms with van der Waals surface area (Å²) < 4.78 is 9.43. The molecular weight excluding hydrogens is 432 g/mol. The standard InChI is InChI=1S/C24H24N8O2/c1-2-31-21(17-5-7-25-8-6-17)27-20-22(30-9-11-34-12-10-30)28-24(29-23(20)31)32-19-4-3-16(15-33)13-18(19)14-26-32/h3-8,13-14,33H,2,9-12,15H2,1H3. The van der Waals surface area contributed by atoms with Crippen LogP contribution < -0.4 is 4.90 Å². The van der Waals surface area contributed by atoms with Crippen LogP contribution in [0.15, 0.2) is 48.9 Å². The van der Waals surface area contributed by atoms with Gasteiger partial charge in [-0.1, -0.05) is 6.07 Å². The van der Waals surface area contributed by atoms with Crippen molar-refractivity contribution in [3.63, 3.8) is 0 Å². The van der Waals surface area contributed by atoms with Gasteiger partial charge in [0.1, 0.15) is 5.82 Å². The van der Waals surface area contributed by atoms with Crippen LogP contribution in [0, 0.1) is 0 Å². The van der Waals surface area contributed by atoms with Gasteiger partial charge in [-0.3, -0.25) is 4.98 Å². The predicted molar refractivity (Wildman–Crippen MR) is 128 cm³/mol. The number of anilines is 1. The van der Waals surface area contributed by atoms with Crippen LogP contribution in [0.3, 0.4) is 0 Å². The van der Waals surface area contributed by atoms with E-state index in [0.29, 0.717) is 25.7 Å². The van der Waals surface area contributed by atoms with E-state index in [1.54, 1.807) is 23.3 Å². The number of hydrogen-bond donors (Lipinski definition) is 1. The molecule has 4 aromatic heterocycles. The summed E-state index contributed by atoms with van der Waals surface area (Å²) >= 11 is 0. The number of aromatic nitrogens is 7. The van der Waals surface area contributed by atoms with Crippen molar-refractivity contribution >= 4 is 27.9 Å². The normalized spacial score (nSPS) is 14.4. The van der Waals surface area contributed by atoms with E-state index in [1.165, 1.54) is 0 Å². The van der Waals surface area contributed by atoms with Crippen LogP contribution in [0.1, 0.15) is 12.5 Å². The second kappa shape index (κ2) is 8.47. The average molecular weight is 457 g/mol. The van der Waals surface area contributed by atoms with Gasteiger partial charge in [0.15, 0.2) is 17.0 Å². The summed E-state index contributed by atoms with van der Waals surface area (Å²) in [5.74, 6) is 2.09. The zero-order chi connectivity index (χ0) is 23.1. The molecule has 1 saturated heterocycles. The number of imidazole rings is 1. The lowest BCUT2D eigenvalue weighted by molar-refractivity contribution is 0.122. The first-order valence-electron chi connectivity index (χ1n) is 11.4. The molecule has 10 nitrogen and oxygen atoms in total. The zero-order valence-corrected chi connectivity index (χ0v) is 18.8. The molecular formula is C24H24N8O2. The second-order valence-electron chi connectivity index (χ2n) is 8.14. The fourth-order valence-corrected chi connectivity index (χ4v) is 4.43. The van der Waals surface area contributed by atoms with Crippen LogP contribution in [-0.2, 0) is 17.9 Å². The topological polar surface area (TPSA) is 107 Å². The highest BCUT2D eigenvalue weighted by Gasteiger charge is 2.24. The molecule has 1 aromatic carbocycles. The van der Waals surface area contributed by atoms with Crippen molar-refractivity contribution in [1.29, 1.82) is 0 Å². The molecule has 172 valence electrons. The van der Waals surface area contributed by atoms with Gasteiger partial charge < -0.3 is 19.3 Å². The Morgan fingerprint density at radius 1 is 1.03 bits per heavy atom. The Morgan fingerprint density at radius 3 is 2.62 bits per heavy atom. The van der Waals surface area contributed by atoms with Crippen LogP contribution in [-0.4, -0.2) is 65.7 Å². The Bertz CT molecular complexity index is 1470. The Labute approximate surface area is 195 Å². The van der Waals surface area contributed by atoms with Gasteiger partial charge in [0.2, 0.25) is 0 Å². The first-order valence-corrected chi connectivity index (χ1v) is 11.4. The van der Waals surface area contributed by atoms with E-state index in [1.807, 2.05) is 30.3 Å². The molecule has 0 aliphatic carbocycles. The summed E-state index contributed by atoms with van der Waals surface area (Å²) in [5.41, 5.74) is 4.21. The van der Waals surface area contributed by atoms with E-state index in [0.717, 1.165) is 57.9 Å². The largest absolute Gasteiger partial charge is 0.392 e. The molecule has 0 atom stereocenters. The van der Waals surface area contributed by atoms with Crippen LogP contribution >= 0.6 is 0 Å². The predicted octanol–water partition coefficient (Wildman–Crippen LogP) is 2.58. The van der Waals surface area contributed by atoms with Crippen LogP contribution in [0.5, 0.6) is 0 Å². The van der Waals surface area contributed by atoms with Gasteiger partial charge in [0.25, 0.3) is 5.95 Å². The summed E-state index contributed by atoms with van der Waals surface area (Å²) in [5, 5.41) is 15.0. The maximum atomic E-state index is 9.49. The number of fused-ring (bicyclic) bond motifs is 2. The third kappa shape index (κ3) is 3.39. The lowest BCUT2D eigenvalue weighted by Crippen LogP contribution is -2.37. The Kier molecular flexibility index (Phi) is 5.16. The molecule has 34 heavy (non-hydrogen) atoms. The number of pyridine rings is 1. The third-order valence-electron chi connectivity index (χ3n) is 6.13. The van der Waals surface area contributed by atoms with Gasteiger partial charge in [-0.05, 0) is 36.8 Å². The molecule has 1 fully saturated rings. The van der Waals surface area contributed by atoms with Crippen molar-refractivity contribution < 1.29 is 9.84 Å². The summed E-state index contributed by atoms with van der Waals surface area (Å²) in [6.45, 7) is 5.51. The van der Waals surface area contributed by atoms with Crippen molar-refractivity contribution in [3.05, 3.63) is 54.5 Å². The highest BCUT2D eigenvalue weighted by atomic mass is 16.5. The molecule has 0 radical (unpaired) electrons. The van der Waals surface area contributed by atoms with Gasteiger partial charge >= 0.3 is 0 Å². The van der Waals surface area contributed by atoms with Crippen molar-refractivity contribution in [1.82, 2.24) is 34.3 Å². The van der Waals surface area contributed by atoms with E-state index in [4.69, 9.17) is 19.7 Å². The molecule has 1 aliphatic rings. The first-order chi connectivity index (χ1) is 16.8. The molecule has 6 rings (SSSR count). The van der Waals surface area contributed by atoms with Gasteiger partial charge in [-0.25, -0.2) is 4.98 Å². The highest BCUT2D eigenvalue weighted by Crippen LogP contribution is 2.31. The van der Waals surface area contributed by atoms with E-state index in [9.17, 15) is 5.11 Å². The van der Waals surface area contributed by atoms with Gasteiger partial charge in [0.05, 0.1) is 31.5 Å². The number of rotatable bonds is 5. The van der Waals surface area contributed by atoms with E-state index in [2.05, 4.69) is 26.5 Å². The number of aliphatic hydroxyl groups is 1. The number of aryl methyl sites for hydroxylation is 1. The van der Waals surface area contributed by atoms with E-state index in [-0.39, 0.29) is 6.61 Å². The molecule has 0 spiro atoms. The fourth-order valence-electron chi connectivity index (χ4n) is 4.43. The smallest absolute Gasteiger partial charge is 0.255 e. The number of aliphatic hydroxyl groups excluding tert-OH is 1. The quantitative estimate of drug-likeness (QED) is 0.430.